The van der Waals surface area contributed by atoms with E-state index in [-0.39, 0.29) is 19.3 Å². The predicted molar refractivity (Wildman–Crippen MR) is 73.4 cm³/mol. The van der Waals surface area contributed by atoms with Gasteiger partial charge in [-0.2, -0.15) is 0 Å². The lowest BCUT2D eigenvalue weighted by molar-refractivity contribution is 0.190. The molecule has 0 amide bonds. The first kappa shape index (κ1) is 14.8. The van der Waals surface area contributed by atoms with Crippen LogP contribution in [0.1, 0.15) is 25.3 Å². The molecule has 0 heterocycles. The van der Waals surface area contributed by atoms with Gasteiger partial charge in [-0.1, -0.05) is 19.9 Å². The van der Waals surface area contributed by atoms with Crippen molar-refractivity contribution >= 4 is 5.69 Å². The number of likely N-dealkylation sites (N-methyl/N-ethyl adjacent to an activating group) is 1. The maximum atomic E-state index is 9.22. The number of hydrogen-bond donors (Lipinski definition) is 2. The van der Waals surface area contributed by atoms with Crippen molar-refractivity contribution in [2.45, 2.75) is 25.8 Å². The van der Waals surface area contributed by atoms with E-state index in [2.05, 4.69) is 13.8 Å². The average molecular weight is 253 g/mol. The van der Waals surface area contributed by atoms with E-state index in [4.69, 9.17) is 4.74 Å². The Bertz CT molecular complexity index is 375. The largest absolute Gasteiger partial charge is 0.495 e. The van der Waals surface area contributed by atoms with Gasteiger partial charge in [0.2, 0.25) is 0 Å². The molecule has 0 aliphatic heterocycles. The molecule has 0 unspecified atom stereocenters. The zero-order chi connectivity index (χ0) is 13.7. The molecule has 102 valence electrons. The van der Waals surface area contributed by atoms with Gasteiger partial charge in [-0.15, -0.1) is 0 Å². The van der Waals surface area contributed by atoms with Crippen molar-refractivity contribution in [3.8, 4) is 5.75 Å². The van der Waals surface area contributed by atoms with Crippen molar-refractivity contribution in [1.29, 1.82) is 0 Å². The molecule has 0 radical (unpaired) electrons. The summed E-state index contributed by atoms with van der Waals surface area (Å²) >= 11 is 0. The number of nitrogens with zero attached hydrogens (tertiary/aromatic N) is 1. The van der Waals surface area contributed by atoms with Crippen molar-refractivity contribution in [2.24, 2.45) is 0 Å². The van der Waals surface area contributed by atoms with Crippen LogP contribution in [0, 0.1) is 0 Å². The lowest BCUT2D eigenvalue weighted by atomic mass is 10.0. The lowest BCUT2D eigenvalue weighted by Crippen LogP contribution is -2.37. The Balaban J connectivity index is 3.08. The SMILES string of the molecule is COc1cc(C(C)C)ccc1N(C)C(CO)CO. The van der Waals surface area contributed by atoms with E-state index in [9.17, 15) is 10.2 Å². The van der Waals surface area contributed by atoms with Crippen LogP contribution in [0.5, 0.6) is 5.75 Å². The first-order valence-electron chi connectivity index (χ1n) is 6.17. The van der Waals surface area contributed by atoms with E-state index in [1.807, 2.05) is 30.1 Å². The van der Waals surface area contributed by atoms with Crippen LogP contribution >= 0.6 is 0 Å². The number of ether oxygens (including phenoxy) is 1. The highest BCUT2D eigenvalue weighted by atomic mass is 16.5. The van der Waals surface area contributed by atoms with Crippen molar-refractivity contribution in [3.63, 3.8) is 0 Å². The Morgan fingerprint density at radius 3 is 2.28 bits per heavy atom. The normalized spacial score (nSPS) is 11.1. The molecule has 0 saturated heterocycles. The van der Waals surface area contributed by atoms with Gasteiger partial charge in [0.05, 0.1) is 32.1 Å². The first-order chi connectivity index (χ1) is 8.54. The minimum Gasteiger partial charge on any atom is -0.495 e. The molecule has 0 atom stereocenters. The summed E-state index contributed by atoms with van der Waals surface area (Å²) < 4.78 is 5.39. The third-order valence-corrected chi connectivity index (χ3v) is 3.22. The minimum atomic E-state index is -0.316. The lowest BCUT2D eigenvalue weighted by Gasteiger charge is -2.28. The van der Waals surface area contributed by atoms with E-state index < -0.39 is 0 Å². The maximum Gasteiger partial charge on any atom is 0.142 e. The number of aliphatic hydroxyl groups is 2. The van der Waals surface area contributed by atoms with Crippen molar-refractivity contribution < 1.29 is 14.9 Å². The van der Waals surface area contributed by atoms with Crippen LogP contribution in [-0.4, -0.2) is 43.6 Å². The van der Waals surface area contributed by atoms with Crippen molar-refractivity contribution in [2.75, 3.05) is 32.3 Å². The number of methoxy groups -OCH3 is 1. The zero-order valence-electron chi connectivity index (χ0n) is 11.6. The molecule has 18 heavy (non-hydrogen) atoms. The van der Waals surface area contributed by atoms with Gasteiger partial charge >= 0.3 is 0 Å². The van der Waals surface area contributed by atoms with Gasteiger partial charge in [0.1, 0.15) is 5.75 Å². The smallest absolute Gasteiger partial charge is 0.142 e. The molecule has 4 nitrogen and oxygen atoms in total. The monoisotopic (exact) mass is 253 g/mol. The standard InChI is InChI=1S/C14H23NO3/c1-10(2)11-5-6-13(14(7-11)18-4)15(3)12(8-16)9-17/h5-7,10,12,16-17H,8-9H2,1-4H3. The Hall–Kier alpha value is -1.26. The number of rotatable bonds is 6. The summed E-state index contributed by atoms with van der Waals surface area (Å²) in [6, 6.07) is 5.70. The van der Waals surface area contributed by atoms with Crippen LogP contribution < -0.4 is 9.64 Å². The summed E-state index contributed by atoms with van der Waals surface area (Å²) in [5.41, 5.74) is 2.07. The second-order valence-electron chi connectivity index (χ2n) is 4.72. The van der Waals surface area contributed by atoms with Crippen LogP contribution in [0.15, 0.2) is 18.2 Å². The number of hydrogen-bond acceptors (Lipinski definition) is 4. The van der Waals surface area contributed by atoms with Gasteiger partial charge in [0.25, 0.3) is 0 Å². The van der Waals surface area contributed by atoms with E-state index in [1.165, 1.54) is 5.56 Å². The van der Waals surface area contributed by atoms with Crippen LogP contribution in [0.3, 0.4) is 0 Å². The van der Waals surface area contributed by atoms with Crippen LogP contribution in [0.2, 0.25) is 0 Å². The Morgan fingerprint density at radius 2 is 1.83 bits per heavy atom. The highest BCUT2D eigenvalue weighted by Gasteiger charge is 2.17. The topological polar surface area (TPSA) is 52.9 Å². The van der Waals surface area contributed by atoms with Crippen LogP contribution in [0.4, 0.5) is 5.69 Å². The fourth-order valence-electron chi connectivity index (χ4n) is 1.84. The van der Waals surface area contributed by atoms with Crippen LogP contribution in [-0.2, 0) is 0 Å². The van der Waals surface area contributed by atoms with E-state index >= 15 is 0 Å². The summed E-state index contributed by atoms with van der Waals surface area (Å²) in [6.07, 6.45) is 0. The molecule has 0 bridgehead atoms. The van der Waals surface area contributed by atoms with Crippen LogP contribution in [0.25, 0.3) is 0 Å². The molecule has 0 aromatic heterocycles. The summed E-state index contributed by atoms with van der Waals surface area (Å²) in [7, 11) is 3.47. The van der Waals surface area contributed by atoms with Gasteiger partial charge < -0.3 is 19.8 Å². The van der Waals surface area contributed by atoms with Crippen molar-refractivity contribution in [1.82, 2.24) is 0 Å². The fourth-order valence-corrected chi connectivity index (χ4v) is 1.84. The highest BCUT2D eigenvalue weighted by molar-refractivity contribution is 5.60. The molecule has 0 fully saturated rings. The second-order valence-corrected chi connectivity index (χ2v) is 4.72. The van der Waals surface area contributed by atoms with Gasteiger partial charge in [-0.05, 0) is 23.6 Å². The molecule has 1 rings (SSSR count). The third-order valence-electron chi connectivity index (χ3n) is 3.22. The predicted octanol–water partition coefficient (Wildman–Crippen LogP) is 1.61. The Labute approximate surface area is 109 Å². The molecular formula is C14H23NO3. The molecule has 4 heteroatoms. The fraction of sp³-hybridized carbons (Fsp3) is 0.571. The molecular weight excluding hydrogens is 230 g/mol. The number of benzene rings is 1. The molecule has 0 saturated carbocycles. The van der Waals surface area contributed by atoms with Crippen molar-refractivity contribution in [3.05, 3.63) is 23.8 Å². The number of anilines is 1. The molecule has 1 aromatic rings. The molecule has 1 aromatic carbocycles. The average Bonchev–Trinajstić information content (AvgIpc) is 2.39. The van der Waals surface area contributed by atoms with Gasteiger partial charge in [-0.25, -0.2) is 0 Å². The summed E-state index contributed by atoms with van der Waals surface area (Å²) in [6.45, 7) is 4.06. The summed E-state index contributed by atoms with van der Waals surface area (Å²) in [4.78, 5) is 1.84. The maximum absolute atomic E-state index is 9.22. The quantitative estimate of drug-likeness (QED) is 0.808. The molecule has 0 aliphatic carbocycles. The summed E-state index contributed by atoms with van der Waals surface area (Å²) in [5, 5.41) is 18.4. The third kappa shape index (κ3) is 3.15. The molecule has 0 aliphatic rings. The molecule has 2 N–H and O–H groups in total. The summed E-state index contributed by atoms with van der Waals surface area (Å²) in [5.74, 6) is 1.19. The van der Waals surface area contributed by atoms with Gasteiger partial charge in [-0.3, -0.25) is 0 Å². The van der Waals surface area contributed by atoms with E-state index in [0.29, 0.717) is 5.92 Å². The zero-order valence-corrected chi connectivity index (χ0v) is 11.6. The van der Waals surface area contributed by atoms with E-state index in [1.54, 1.807) is 7.11 Å². The van der Waals surface area contributed by atoms with E-state index in [0.717, 1.165) is 11.4 Å². The number of aliphatic hydroxyl groups excluding tert-OH is 2. The Morgan fingerprint density at radius 1 is 1.22 bits per heavy atom. The second kappa shape index (κ2) is 6.61. The highest BCUT2D eigenvalue weighted by Crippen LogP contribution is 2.31. The first-order valence-corrected chi connectivity index (χ1v) is 6.17. The Kier molecular flexibility index (Phi) is 5.44. The molecule has 0 spiro atoms. The van der Waals surface area contributed by atoms with Gasteiger partial charge in [0, 0.05) is 7.05 Å². The minimum absolute atomic E-state index is 0.0952. The van der Waals surface area contributed by atoms with Gasteiger partial charge in [0.15, 0.2) is 0 Å².